The van der Waals surface area contributed by atoms with E-state index >= 15 is 4.39 Å². The summed E-state index contributed by atoms with van der Waals surface area (Å²) in [6, 6.07) is 12.9. The molecule has 244 valence electrons. The number of ether oxygens (including phenoxy) is 1. The molecule has 0 aliphatic carbocycles. The largest absolute Gasteiger partial charge is 0.472 e. The molecule has 5 aromatic rings. The predicted octanol–water partition coefficient (Wildman–Crippen LogP) is 6.79. The van der Waals surface area contributed by atoms with E-state index in [1.165, 1.54) is 6.92 Å². The van der Waals surface area contributed by atoms with Gasteiger partial charge in [0.2, 0.25) is 11.8 Å². The van der Waals surface area contributed by atoms with Gasteiger partial charge in [0.25, 0.3) is 0 Å². The summed E-state index contributed by atoms with van der Waals surface area (Å²) >= 11 is 6.95. The zero-order valence-electron chi connectivity index (χ0n) is 27.0. The molecule has 7 rings (SSSR count). The normalized spacial score (nSPS) is 20.6. The van der Waals surface area contributed by atoms with E-state index < -0.39 is 5.82 Å². The van der Waals surface area contributed by atoms with Gasteiger partial charge in [0.1, 0.15) is 11.6 Å². The van der Waals surface area contributed by atoms with Crippen molar-refractivity contribution < 1.29 is 13.9 Å². The van der Waals surface area contributed by atoms with Crippen LogP contribution in [0.15, 0.2) is 42.7 Å². The van der Waals surface area contributed by atoms with Gasteiger partial charge in [-0.3, -0.25) is 19.4 Å². The SMILES string of the molecule is CC(=O)N1CC[C@H](n2ncc3c(OC(C)C4CCCN4C)nc4c(F)c(-c5nccc6cccc(C#N)c56)c(Cl)cc4c32)C[C@H]1CC#N. The molecular weight excluding hydrogens is 631 g/mol. The Balaban J connectivity index is 1.45. The number of halogens is 2. The van der Waals surface area contributed by atoms with E-state index in [9.17, 15) is 15.3 Å². The van der Waals surface area contributed by atoms with Gasteiger partial charge in [-0.2, -0.15) is 15.6 Å². The third-order valence-corrected chi connectivity index (χ3v) is 10.3. The maximum absolute atomic E-state index is 17.1. The molecule has 2 aromatic carbocycles. The number of carbonyl (C=O) groups excluding carboxylic acids is 1. The Kier molecular flexibility index (Phi) is 8.36. The van der Waals surface area contributed by atoms with Crippen molar-refractivity contribution in [2.45, 2.75) is 70.2 Å². The molecule has 48 heavy (non-hydrogen) atoms. The third kappa shape index (κ3) is 5.28. The van der Waals surface area contributed by atoms with Gasteiger partial charge in [-0.25, -0.2) is 9.37 Å². The molecule has 10 nitrogen and oxygen atoms in total. The van der Waals surface area contributed by atoms with Crippen molar-refractivity contribution >= 4 is 50.1 Å². The number of piperidine rings is 1. The summed E-state index contributed by atoms with van der Waals surface area (Å²) < 4.78 is 25.6. The molecule has 0 bridgehead atoms. The minimum absolute atomic E-state index is 0.0496. The Morgan fingerprint density at radius 3 is 2.77 bits per heavy atom. The maximum Gasteiger partial charge on any atom is 0.225 e. The number of likely N-dealkylation sites (tertiary alicyclic amines) is 2. The molecule has 0 saturated carbocycles. The van der Waals surface area contributed by atoms with Crippen LogP contribution in [-0.4, -0.2) is 73.8 Å². The molecular formula is C36H34ClFN8O2. The summed E-state index contributed by atoms with van der Waals surface area (Å²) in [6.07, 6.45) is 6.39. The van der Waals surface area contributed by atoms with E-state index in [-0.39, 0.29) is 64.2 Å². The first-order valence-electron chi connectivity index (χ1n) is 16.2. The van der Waals surface area contributed by atoms with Gasteiger partial charge in [0.05, 0.1) is 63.5 Å². The number of amides is 1. The predicted molar refractivity (Wildman–Crippen MR) is 181 cm³/mol. The van der Waals surface area contributed by atoms with Crippen LogP contribution in [0.25, 0.3) is 43.8 Å². The summed E-state index contributed by atoms with van der Waals surface area (Å²) in [6.45, 7) is 4.97. The zero-order valence-corrected chi connectivity index (χ0v) is 27.7. The van der Waals surface area contributed by atoms with Crippen molar-refractivity contribution in [3.63, 3.8) is 0 Å². The number of benzene rings is 2. The van der Waals surface area contributed by atoms with Crippen LogP contribution in [0, 0.1) is 28.5 Å². The highest BCUT2D eigenvalue weighted by Gasteiger charge is 2.34. The van der Waals surface area contributed by atoms with Crippen LogP contribution in [0.4, 0.5) is 4.39 Å². The van der Waals surface area contributed by atoms with Crippen LogP contribution in [0.2, 0.25) is 5.02 Å². The number of rotatable bonds is 6. The molecule has 0 N–H and O–H groups in total. The molecule has 5 heterocycles. The molecule has 2 unspecified atom stereocenters. The summed E-state index contributed by atoms with van der Waals surface area (Å²) in [5.74, 6) is -0.482. The second-order valence-electron chi connectivity index (χ2n) is 12.8. The second-order valence-corrected chi connectivity index (χ2v) is 13.2. The first-order valence-corrected chi connectivity index (χ1v) is 16.6. The van der Waals surface area contributed by atoms with Gasteiger partial charge >= 0.3 is 0 Å². The molecule has 0 spiro atoms. The van der Waals surface area contributed by atoms with E-state index in [1.54, 1.807) is 41.6 Å². The number of hydrogen-bond donors (Lipinski definition) is 0. The number of nitrogens with zero attached hydrogens (tertiary/aromatic N) is 8. The maximum atomic E-state index is 17.1. The Hall–Kier alpha value is -4.84. The van der Waals surface area contributed by atoms with Gasteiger partial charge in [-0.1, -0.05) is 23.7 Å². The van der Waals surface area contributed by atoms with Crippen LogP contribution < -0.4 is 4.74 Å². The Bertz CT molecular complexity index is 2170. The van der Waals surface area contributed by atoms with E-state index in [4.69, 9.17) is 26.4 Å². The standard InChI is InChI=1S/C36H34ClFN8O2/c1-20(29-8-5-14-44(29)3)48-36-27-19-42-46(25-11-15-45(21(2)47)24(16-25)9-12-39)35(27)26-17-28(37)31(32(38)33(26)43-36)34-30-22(10-13-41-34)6-4-7-23(30)18-40/h4,6-7,10,13,17,19-20,24-25,29H,5,8-9,11,14-16H2,1-3H3/t20?,24-,25+,29?/m1/s1. The number of hydrogen-bond acceptors (Lipinski definition) is 8. The van der Waals surface area contributed by atoms with E-state index in [0.717, 1.165) is 24.8 Å². The zero-order chi connectivity index (χ0) is 33.7. The van der Waals surface area contributed by atoms with Crippen LogP contribution in [-0.2, 0) is 4.79 Å². The van der Waals surface area contributed by atoms with E-state index in [0.29, 0.717) is 46.6 Å². The minimum atomic E-state index is -0.677. The van der Waals surface area contributed by atoms with Gasteiger partial charge in [-0.05, 0) is 69.8 Å². The third-order valence-electron chi connectivity index (χ3n) is 10.0. The van der Waals surface area contributed by atoms with Crippen molar-refractivity contribution in [2.75, 3.05) is 20.1 Å². The lowest BCUT2D eigenvalue weighted by atomic mass is 9.94. The highest BCUT2D eigenvalue weighted by molar-refractivity contribution is 6.35. The van der Waals surface area contributed by atoms with Gasteiger partial charge in [0, 0.05) is 42.5 Å². The summed E-state index contributed by atoms with van der Waals surface area (Å²) in [5.41, 5.74) is 1.33. The fourth-order valence-corrected chi connectivity index (χ4v) is 7.97. The van der Waals surface area contributed by atoms with Crippen LogP contribution in [0.1, 0.15) is 57.6 Å². The minimum Gasteiger partial charge on any atom is -0.472 e. The van der Waals surface area contributed by atoms with Gasteiger partial charge in [-0.15, -0.1) is 0 Å². The first kappa shape index (κ1) is 31.7. The summed E-state index contributed by atoms with van der Waals surface area (Å²) in [7, 11) is 2.07. The molecule has 2 saturated heterocycles. The topological polar surface area (TPSA) is 124 Å². The fraction of sp³-hybridized carbons (Fsp3) is 0.389. The fourth-order valence-electron chi connectivity index (χ4n) is 7.69. The van der Waals surface area contributed by atoms with Crippen molar-refractivity contribution in [3.8, 4) is 29.3 Å². The van der Waals surface area contributed by atoms with Gasteiger partial charge in [0.15, 0.2) is 5.82 Å². The van der Waals surface area contributed by atoms with E-state index in [1.807, 2.05) is 17.7 Å². The molecule has 2 aliphatic heterocycles. The van der Waals surface area contributed by atoms with Crippen LogP contribution in [0.5, 0.6) is 5.88 Å². The number of pyridine rings is 2. The Morgan fingerprint density at radius 2 is 2.04 bits per heavy atom. The summed E-state index contributed by atoms with van der Waals surface area (Å²) in [5, 5.41) is 26.7. The van der Waals surface area contributed by atoms with Crippen molar-refractivity contribution in [2.24, 2.45) is 0 Å². The number of nitriles is 2. The lowest BCUT2D eigenvalue weighted by molar-refractivity contribution is -0.132. The average Bonchev–Trinajstić information content (AvgIpc) is 3.72. The number of carbonyl (C=O) groups is 1. The van der Waals surface area contributed by atoms with Crippen molar-refractivity contribution in [1.29, 1.82) is 10.5 Å². The highest BCUT2D eigenvalue weighted by atomic mass is 35.5. The molecule has 3 aromatic heterocycles. The number of fused-ring (bicyclic) bond motifs is 4. The molecule has 1 amide bonds. The van der Waals surface area contributed by atoms with Crippen molar-refractivity contribution in [1.82, 2.24) is 29.5 Å². The lowest BCUT2D eigenvalue weighted by Crippen LogP contribution is -2.45. The highest BCUT2D eigenvalue weighted by Crippen LogP contribution is 2.43. The van der Waals surface area contributed by atoms with Gasteiger partial charge < -0.3 is 9.64 Å². The molecule has 4 atom stereocenters. The second kappa shape index (κ2) is 12.6. The molecule has 2 fully saturated rings. The van der Waals surface area contributed by atoms with Crippen molar-refractivity contribution in [3.05, 3.63) is 59.1 Å². The smallest absolute Gasteiger partial charge is 0.225 e. The lowest BCUT2D eigenvalue weighted by Gasteiger charge is -2.38. The molecule has 12 heteroatoms. The summed E-state index contributed by atoms with van der Waals surface area (Å²) in [4.78, 5) is 25.7. The van der Waals surface area contributed by atoms with Crippen LogP contribution >= 0.6 is 11.6 Å². The quantitative estimate of drug-likeness (QED) is 0.194. The molecule has 0 radical (unpaired) electrons. The number of aromatic nitrogens is 4. The Labute approximate surface area is 282 Å². The average molecular weight is 665 g/mol. The Morgan fingerprint density at radius 1 is 1.21 bits per heavy atom. The van der Waals surface area contributed by atoms with Crippen LogP contribution in [0.3, 0.4) is 0 Å². The number of likely N-dealkylation sites (N-methyl/N-ethyl adjacent to an activating group) is 1. The molecule has 2 aliphatic rings. The first-order chi connectivity index (χ1) is 23.2. The monoisotopic (exact) mass is 664 g/mol. The van der Waals surface area contributed by atoms with E-state index in [2.05, 4.69) is 29.1 Å².